The molecule has 1 aromatic heterocycles. The number of anilines is 1. The molecule has 0 saturated carbocycles. The number of hydrogen-bond donors (Lipinski definition) is 1. The van der Waals surface area contributed by atoms with Gasteiger partial charge in [0.05, 0.1) is 0 Å². The molecule has 4 aromatic rings. The number of carbonyl (C=O) groups is 1. The standard InChI is InChI=1S/C19H15N5O/c1-24-18(21-22-23-24)14-8-4-9-15(12-14)20-19(25)17-11-5-7-13-6-2-3-10-16(13)17/h2-12H,1H3,(H,20,25). The van der Waals surface area contributed by atoms with Crippen molar-refractivity contribution in [2.24, 2.45) is 7.05 Å². The van der Waals surface area contributed by atoms with E-state index in [0.717, 1.165) is 16.3 Å². The maximum atomic E-state index is 12.7. The van der Waals surface area contributed by atoms with Gasteiger partial charge >= 0.3 is 0 Å². The van der Waals surface area contributed by atoms with Crippen LogP contribution < -0.4 is 5.32 Å². The Kier molecular flexibility index (Phi) is 3.70. The molecule has 0 bridgehead atoms. The van der Waals surface area contributed by atoms with Crippen molar-refractivity contribution >= 4 is 22.4 Å². The van der Waals surface area contributed by atoms with Crippen LogP contribution in [0.4, 0.5) is 5.69 Å². The second-order valence-corrected chi connectivity index (χ2v) is 5.69. The molecule has 0 radical (unpaired) electrons. The van der Waals surface area contributed by atoms with Crippen LogP contribution in [0.1, 0.15) is 10.4 Å². The fourth-order valence-corrected chi connectivity index (χ4v) is 2.83. The molecule has 122 valence electrons. The van der Waals surface area contributed by atoms with Gasteiger partial charge in [0.25, 0.3) is 5.91 Å². The Morgan fingerprint density at radius 3 is 2.64 bits per heavy atom. The Balaban J connectivity index is 1.66. The number of rotatable bonds is 3. The zero-order valence-corrected chi connectivity index (χ0v) is 13.5. The van der Waals surface area contributed by atoms with Crippen LogP contribution in [0.3, 0.4) is 0 Å². The summed E-state index contributed by atoms with van der Waals surface area (Å²) in [6, 6.07) is 21.0. The number of nitrogens with one attached hydrogen (secondary N) is 1. The number of tetrazole rings is 1. The fourth-order valence-electron chi connectivity index (χ4n) is 2.83. The van der Waals surface area contributed by atoms with Gasteiger partial charge in [-0.1, -0.05) is 48.5 Å². The molecule has 6 heteroatoms. The number of carbonyl (C=O) groups excluding carboxylic acids is 1. The van der Waals surface area contributed by atoms with E-state index in [9.17, 15) is 4.79 Å². The summed E-state index contributed by atoms with van der Waals surface area (Å²) in [7, 11) is 1.77. The Morgan fingerprint density at radius 2 is 1.80 bits per heavy atom. The van der Waals surface area contributed by atoms with Crippen molar-refractivity contribution in [3.05, 3.63) is 72.3 Å². The van der Waals surface area contributed by atoms with Crippen LogP contribution in [0.25, 0.3) is 22.2 Å². The fraction of sp³-hybridized carbons (Fsp3) is 0.0526. The van der Waals surface area contributed by atoms with Crippen molar-refractivity contribution in [3.8, 4) is 11.4 Å². The molecule has 0 aliphatic rings. The highest BCUT2D eigenvalue weighted by molar-refractivity contribution is 6.13. The third kappa shape index (κ3) is 2.85. The van der Waals surface area contributed by atoms with E-state index in [1.54, 1.807) is 11.7 Å². The third-order valence-electron chi connectivity index (χ3n) is 4.03. The molecule has 0 saturated heterocycles. The van der Waals surface area contributed by atoms with Crippen molar-refractivity contribution in [3.63, 3.8) is 0 Å². The molecule has 0 fully saturated rings. The van der Waals surface area contributed by atoms with Crippen molar-refractivity contribution < 1.29 is 4.79 Å². The minimum atomic E-state index is -0.148. The lowest BCUT2D eigenvalue weighted by Gasteiger charge is -2.09. The average Bonchev–Trinajstić information content (AvgIpc) is 3.07. The van der Waals surface area contributed by atoms with E-state index in [-0.39, 0.29) is 5.91 Å². The van der Waals surface area contributed by atoms with Gasteiger partial charge in [0.2, 0.25) is 0 Å². The second kappa shape index (κ2) is 6.16. The normalized spacial score (nSPS) is 10.8. The van der Waals surface area contributed by atoms with Crippen LogP contribution in [-0.2, 0) is 7.05 Å². The Morgan fingerprint density at radius 1 is 1.00 bits per heavy atom. The lowest BCUT2D eigenvalue weighted by Crippen LogP contribution is -2.12. The zero-order chi connectivity index (χ0) is 17.2. The van der Waals surface area contributed by atoms with Crippen molar-refractivity contribution in [2.45, 2.75) is 0 Å². The van der Waals surface area contributed by atoms with Gasteiger partial charge in [0.15, 0.2) is 5.82 Å². The molecule has 1 amide bonds. The first-order valence-corrected chi connectivity index (χ1v) is 7.84. The molecule has 0 aliphatic heterocycles. The number of nitrogens with zero attached hydrogens (tertiary/aromatic N) is 4. The summed E-state index contributed by atoms with van der Waals surface area (Å²) < 4.78 is 1.59. The van der Waals surface area contributed by atoms with Gasteiger partial charge in [-0.05, 0) is 39.4 Å². The van der Waals surface area contributed by atoms with E-state index in [1.807, 2.05) is 66.7 Å². The molecule has 0 unspecified atom stereocenters. The lowest BCUT2D eigenvalue weighted by molar-refractivity contribution is 0.102. The van der Waals surface area contributed by atoms with Crippen molar-refractivity contribution in [1.29, 1.82) is 0 Å². The van der Waals surface area contributed by atoms with E-state index < -0.39 is 0 Å². The van der Waals surface area contributed by atoms with E-state index >= 15 is 0 Å². The van der Waals surface area contributed by atoms with E-state index in [1.165, 1.54) is 0 Å². The first kappa shape index (κ1) is 15.0. The number of benzene rings is 3. The molecule has 25 heavy (non-hydrogen) atoms. The zero-order valence-electron chi connectivity index (χ0n) is 13.5. The molecule has 1 heterocycles. The minimum Gasteiger partial charge on any atom is -0.322 e. The molecule has 1 N–H and O–H groups in total. The molecule has 0 atom stereocenters. The van der Waals surface area contributed by atoms with Gasteiger partial charge in [-0.25, -0.2) is 4.68 Å². The summed E-state index contributed by atoms with van der Waals surface area (Å²) in [6.45, 7) is 0. The Bertz CT molecular complexity index is 1060. The van der Waals surface area contributed by atoms with Crippen molar-refractivity contribution in [1.82, 2.24) is 20.2 Å². The van der Waals surface area contributed by atoms with Crippen LogP contribution in [-0.4, -0.2) is 26.1 Å². The Labute approximate surface area is 144 Å². The molecule has 3 aromatic carbocycles. The second-order valence-electron chi connectivity index (χ2n) is 5.69. The average molecular weight is 329 g/mol. The van der Waals surface area contributed by atoms with Crippen LogP contribution >= 0.6 is 0 Å². The minimum absolute atomic E-state index is 0.148. The smallest absolute Gasteiger partial charge is 0.256 e. The molecule has 0 spiro atoms. The molecule has 4 rings (SSSR count). The summed E-state index contributed by atoms with van der Waals surface area (Å²) in [6.07, 6.45) is 0. The number of aryl methyl sites for hydroxylation is 1. The highest BCUT2D eigenvalue weighted by Gasteiger charge is 2.11. The topological polar surface area (TPSA) is 72.7 Å². The van der Waals surface area contributed by atoms with Crippen LogP contribution in [0, 0.1) is 0 Å². The number of hydrogen-bond acceptors (Lipinski definition) is 4. The van der Waals surface area contributed by atoms with Gasteiger partial charge < -0.3 is 5.32 Å². The predicted octanol–water partition coefficient (Wildman–Crippen LogP) is 3.28. The van der Waals surface area contributed by atoms with Crippen molar-refractivity contribution in [2.75, 3.05) is 5.32 Å². The SMILES string of the molecule is Cn1nnnc1-c1cccc(NC(=O)c2cccc3ccccc23)c1. The number of aromatic nitrogens is 4. The van der Waals surface area contributed by atoms with Crippen LogP contribution in [0.2, 0.25) is 0 Å². The van der Waals surface area contributed by atoms with Crippen LogP contribution in [0.5, 0.6) is 0 Å². The van der Waals surface area contributed by atoms with E-state index in [4.69, 9.17) is 0 Å². The highest BCUT2D eigenvalue weighted by atomic mass is 16.1. The summed E-state index contributed by atoms with van der Waals surface area (Å²) in [4.78, 5) is 12.7. The van der Waals surface area contributed by atoms with Gasteiger partial charge in [0, 0.05) is 23.9 Å². The summed E-state index contributed by atoms with van der Waals surface area (Å²) in [5.74, 6) is 0.492. The molecular formula is C19H15N5O. The first-order valence-electron chi connectivity index (χ1n) is 7.84. The van der Waals surface area contributed by atoms with Gasteiger partial charge in [0.1, 0.15) is 0 Å². The molecule has 0 aliphatic carbocycles. The molecule has 6 nitrogen and oxygen atoms in total. The van der Waals surface area contributed by atoms with Gasteiger partial charge in [-0.2, -0.15) is 0 Å². The maximum absolute atomic E-state index is 12.7. The largest absolute Gasteiger partial charge is 0.322 e. The third-order valence-corrected chi connectivity index (χ3v) is 4.03. The highest BCUT2D eigenvalue weighted by Crippen LogP contribution is 2.22. The Hall–Kier alpha value is -3.54. The first-order chi connectivity index (χ1) is 12.2. The number of fused-ring (bicyclic) bond motifs is 1. The molecular weight excluding hydrogens is 314 g/mol. The van der Waals surface area contributed by atoms with E-state index in [0.29, 0.717) is 17.1 Å². The predicted molar refractivity (Wildman–Crippen MR) is 96.1 cm³/mol. The monoisotopic (exact) mass is 329 g/mol. The van der Waals surface area contributed by atoms with Gasteiger partial charge in [-0.15, -0.1) is 5.10 Å². The summed E-state index contributed by atoms with van der Waals surface area (Å²) >= 11 is 0. The lowest BCUT2D eigenvalue weighted by atomic mass is 10.0. The summed E-state index contributed by atoms with van der Waals surface area (Å²) in [5.41, 5.74) is 2.17. The summed E-state index contributed by atoms with van der Waals surface area (Å²) in [5, 5.41) is 16.4. The quantitative estimate of drug-likeness (QED) is 0.626. The maximum Gasteiger partial charge on any atom is 0.256 e. The number of amides is 1. The van der Waals surface area contributed by atoms with E-state index in [2.05, 4.69) is 20.8 Å². The van der Waals surface area contributed by atoms with Gasteiger partial charge in [-0.3, -0.25) is 4.79 Å². The van der Waals surface area contributed by atoms with Crippen LogP contribution in [0.15, 0.2) is 66.7 Å².